The third kappa shape index (κ3) is 5.37. The molecule has 1 aromatic heterocycles. The van der Waals surface area contributed by atoms with Gasteiger partial charge >= 0.3 is 0 Å². The van der Waals surface area contributed by atoms with E-state index in [4.69, 9.17) is 9.88 Å². The Labute approximate surface area is 171 Å². The molecule has 4 N–H and O–H groups in total. The Hall–Kier alpha value is -3.83. The van der Waals surface area contributed by atoms with Crippen LogP contribution in [-0.2, 0) is 14.8 Å². The standard InChI is InChI=1S/C19H16FN5O4S/c1-2-17(26)23-12-5-3-7-14(9-12)29-18-16(20)11-22-19(25-18)24-13-6-4-8-15(10-13)30(21,27)28/h2-11H,1H2,(H,23,26)(H2,21,27,28)(H,22,24,25). The maximum absolute atomic E-state index is 14.1. The SMILES string of the molecule is C=CC(=O)Nc1cccc(Oc2nc(Nc3cccc(S(N)(=O)=O)c3)ncc2F)c1. The minimum Gasteiger partial charge on any atom is -0.436 e. The first-order valence-electron chi connectivity index (χ1n) is 8.38. The molecule has 1 heterocycles. The molecule has 0 unspecified atom stereocenters. The van der Waals surface area contributed by atoms with Crippen LogP contribution in [0.3, 0.4) is 0 Å². The summed E-state index contributed by atoms with van der Waals surface area (Å²) >= 11 is 0. The minimum atomic E-state index is -3.89. The van der Waals surface area contributed by atoms with Crippen LogP contribution >= 0.6 is 0 Å². The van der Waals surface area contributed by atoms with Gasteiger partial charge in [-0.3, -0.25) is 4.79 Å². The third-order valence-corrected chi connectivity index (χ3v) is 4.54. The van der Waals surface area contributed by atoms with Crippen LogP contribution in [0.4, 0.5) is 21.7 Å². The summed E-state index contributed by atoms with van der Waals surface area (Å²) in [6.07, 6.45) is 2.01. The molecule has 0 spiro atoms. The third-order valence-electron chi connectivity index (χ3n) is 3.63. The normalized spacial score (nSPS) is 10.9. The highest BCUT2D eigenvalue weighted by molar-refractivity contribution is 7.89. The summed E-state index contributed by atoms with van der Waals surface area (Å²) in [5.41, 5.74) is 0.748. The number of ether oxygens (including phenoxy) is 1. The van der Waals surface area contributed by atoms with Crippen molar-refractivity contribution in [1.82, 2.24) is 9.97 Å². The van der Waals surface area contributed by atoms with Crippen molar-refractivity contribution in [2.45, 2.75) is 4.90 Å². The van der Waals surface area contributed by atoms with E-state index in [0.29, 0.717) is 11.4 Å². The summed E-state index contributed by atoms with van der Waals surface area (Å²) in [6.45, 7) is 3.36. The van der Waals surface area contributed by atoms with Crippen molar-refractivity contribution >= 4 is 33.3 Å². The Bertz CT molecular complexity index is 1220. The van der Waals surface area contributed by atoms with Gasteiger partial charge in [0.1, 0.15) is 5.75 Å². The zero-order valence-electron chi connectivity index (χ0n) is 15.4. The predicted molar refractivity (Wildman–Crippen MR) is 108 cm³/mol. The van der Waals surface area contributed by atoms with E-state index in [2.05, 4.69) is 27.2 Å². The van der Waals surface area contributed by atoms with Crippen LogP contribution in [0.25, 0.3) is 0 Å². The van der Waals surface area contributed by atoms with E-state index in [1.165, 1.54) is 24.3 Å². The predicted octanol–water partition coefficient (Wildman–Crippen LogP) is 2.92. The maximum atomic E-state index is 14.1. The average Bonchev–Trinajstić information content (AvgIpc) is 2.70. The van der Waals surface area contributed by atoms with Crippen LogP contribution in [0, 0.1) is 5.82 Å². The molecular formula is C19H16FN5O4S. The van der Waals surface area contributed by atoms with E-state index in [1.807, 2.05) is 0 Å². The molecule has 1 amide bonds. The Morgan fingerprint density at radius 3 is 2.63 bits per heavy atom. The number of nitrogens with two attached hydrogens (primary N) is 1. The van der Waals surface area contributed by atoms with Crippen LogP contribution < -0.4 is 20.5 Å². The van der Waals surface area contributed by atoms with Crippen LogP contribution in [0.1, 0.15) is 0 Å². The molecule has 0 fully saturated rings. The van der Waals surface area contributed by atoms with Crippen molar-refractivity contribution in [3.8, 4) is 11.6 Å². The van der Waals surface area contributed by atoms with Crippen molar-refractivity contribution in [2.75, 3.05) is 10.6 Å². The van der Waals surface area contributed by atoms with Gasteiger partial charge < -0.3 is 15.4 Å². The zero-order chi connectivity index (χ0) is 21.7. The molecular weight excluding hydrogens is 413 g/mol. The van der Waals surface area contributed by atoms with E-state index < -0.39 is 21.7 Å². The van der Waals surface area contributed by atoms with Gasteiger partial charge in [-0.15, -0.1) is 0 Å². The molecule has 3 aromatic rings. The number of sulfonamides is 1. The lowest BCUT2D eigenvalue weighted by molar-refractivity contribution is -0.111. The van der Waals surface area contributed by atoms with Gasteiger partial charge in [0.2, 0.25) is 27.7 Å². The second-order valence-corrected chi connectivity index (χ2v) is 7.43. The van der Waals surface area contributed by atoms with Crippen LogP contribution in [0.2, 0.25) is 0 Å². The fraction of sp³-hybridized carbons (Fsp3) is 0. The lowest BCUT2D eigenvalue weighted by Gasteiger charge is -2.10. The van der Waals surface area contributed by atoms with E-state index >= 15 is 0 Å². The molecule has 0 aliphatic rings. The minimum absolute atomic E-state index is 0.0333. The number of hydrogen-bond donors (Lipinski definition) is 3. The smallest absolute Gasteiger partial charge is 0.260 e. The van der Waals surface area contributed by atoms with Crippen LogP contribution in [0.15, 0.2) is 72.3 Å². The number of anilines is 3. The molecule has 30 heavy (non-hydrogen) atoms. The van der Waals surface area contributed by atoms with Gasteiger partial charge in [-0.05, 0) is 36.4 Å². The van der Waals surface area contributed by atoms with Crippen molar-refractivity contribution < 1.29 is 22.3 Å². The van der Waals surface area contributed by atoms with Gasteiger partial charge in [-0.1, -0.05) is 18.7 Å². The number of nitrogens with zero attached hydrogens (tertiary/aromatic N) is 2. The molecule has 9 nitrogen and oxygen atoms in total. The number of amides is 1. The summed E-state index contributed by atoms with van der Waals surface area (Å²) in [7, 11) is -3.89. The number of halogens is 1. The van der Waals surface area contributed by atoms with Crippen molar-refractivity contribution in [3.63, 3.8) is 0 Å². The van der Waals surface area contributed by atoms with Gasteiger partial charge in [0, 0.05) is 17.4 Å². The molecule has 0 atom stereocenters. The molecule has 0 aliphatic carbocycles. The van der Waals surface area contributed by atoms with E-state index in [1.54, 1.807) is 24.3 Å². The molecule has 0 saturated heterocycles. The fourth-order valence-electron chi connectivity index (χ4n) is 2.31. The molecule has 0 saturated carbocycles. The first-order valence-corrected chi connectivity index (χ1v) is 9.93. The van der Waals surface area contributed by atoms with Crippen molar-refractivity contribution in [2.24, 2.45) is 5.14 Å². The molecule has 11 heteroatoms. The second kappa shape index (κ2) is 8.68. The number of aromatic nitrogens is 2. The molecule has 2 aromatic carbocycles. The largest absolute Gasteiger partial charge is 0.436 e. The average molecular weight is 429 g/mol. The number of carbonyl (C=O) groups excluding carboxylic acids is 1. The quantitative estimate of drug-likeness (QED) is 0.491. The van der Waals surface area contributed by atoms with Crippen molar-refractivity contribution in [3.05, 3.63) is 73.2 Å². The Balaban J connectivity index is 1.82. The Kier molecular flexibility index (Phi) is 6.04. The highest BCUT2D eigenvalue weighted by atomic mass is 32.2. The number of hydrogen-bond acceptors (Lipinski definition) is 7. The first-order chi connectivity index (χ1) is 14.2. The summed E-state index contributed by atoms with van der Waals surface area (Å²) in [6, 6.07) is 11.9. The monoisotopic (exact) mass is 429 g/mol. The molecule has 154 valence electrons. The number of nitrogens with one attached hydrogen (secondary N) is 2. The summed E-state index contributed by atoms with van der Waals surface area (Å²) in [4.78, 5) is 19.1. The number of carbonyl (C=O) groups is 1. The van der Waals surface area contributed by atoms with Gasteiger partial charge in [-0.25, -0.2) is 18.5 Å². The van der Waals surface area contributed by atoms with Gasteiger partial charge in [-0.2, -0.15) is 9.37 Å². The van der Waals surface area contributed by atoms with E-state index in [9.17, 15) is 17.6 Å². The fourth-order valence-corrected chi connectivity index (χ4v) is 2.86. The maximum Gasteiger partial charge on any atom is 0.260 e. The molecule has 3 rings (SSSR count). The summed E-state index contributed by atoms with van der Waals surface area (Å²) < 4.78 is 42.5. The number of rotatable bonds is 7. The van der Waals surface area contributed by atoms with E-state index in [-0.39, 0.29) is 22.5 Å². The highest BCUT2D eigenvalue weighted by Gasteiger charge is 2.12. The Morgan fingerprint density at radius 1 is 1.17 bits per heavy atom. The number of benzene rings is 2. The molecule has 0 aliphatic heterocycles. The molecule has 0 radical (unpaired) electrons. The van der Waals surface area contributed by atoms with Gasteiger partial charge in [0.05, 0.1) is 11.1 Å². The van der Waals surface area contributed by atoms with Gasteiger partial charge in [0.15, 0.2) is 0 Å². The lowest BCUT2D eigenvalue weighted by Crippen LogP contribution is -2.12. The second-order valence-electron chi connectivity index (χ2n) is 5.87. The van der Waals surface area contributed by atoms with Crippen LogP contribution in [0.5, 0.6) is 11.6 Å². The zero-order valence-corrected chi connectivity index (χ0v) is 16.2. The van der Waals surface area contributed by atoms with Crippen molar-refractivity contribution in [1.29, 1.82) is 0 Å². The van der Waals surface area contributed by atoms with E-state index in [0.717, 1.165) is 12.3 Å². The summed E-state index contributed by atoms with van der Waals surface area (Å²) in [5, 5.41) is 10.4. The number of primary sulfonamides is 1. The summed E-state index contributed by atoms with van der Waals surface area (Å²) in [5.74, 6) is -1.42. The topological polar surface area (TPSA) is 136 Å². The molecule has 0 bridgehead atoms. The van der Waals surface area contributed by atoms with Gasteiger partial charge in [0.25, 0.3) is 5.88 Å². The lowest BCUT2D eigenvalue weighted by atomic mass is 10.3. The Morgan fingerprint density at radius 2 is 1.90 bits per heavy atom. The van der Waals surface area contributed by atoms with Crippen LogP contribution in [-0.4, -0.2) is 24.3 Å². The highest BCUT2D eigenvalue weighted by Crippen LogP contribution is 2.26. The first kappa shape index (κ1) is 20.9.